The fraction of sp³-hybridized carbons (Fsp3) is 0.211. The number of carbonyl (C=O) groups excluding carboxylic acids is 4. The van der Waals surface area contributed by atoms with Crippen LogP contribution in [0.3, 0.4) is 0 Å². The van der Waals surface area contributed by atoms with Crippen molar-refractivity contribution in [3.05, 3.63) is 144 Å². The van der Waals surface area contributed by atoms with E-state index in [0.717, 1.165) is 0 Å². The highest BCUT2D eigenvalue weighted by Crippen LogP contribution is 2.32. The van der Waals surface area contributed by atoms with Crippen LogP contribution >= 0.6 is 0 Å². The highest BCUT2D eigenvalue weighted by molar-refractivity contribution is 5.91. The van der Waals surface area contributed by atoms with E-state index in [1.54, 1.807) is 109 Å². The topological polar surface area (TPSA) is 124 Å². The summed E-state index contributed by atoms with van der Waals surface area (Å²) in [4.78, 5) is 53.4. The SMILES string of the molecule is C#CCCO[C@H]1OC(COC(=O)c2ccccc2)[C@@H](OC(=O)c2ccccc2)C(OC(=O)c2ccccc2)C1OC(=O)c1ccccc1. The molecule has 4 aromatic carbocycles. The van der Waals surface area contributed by atoms with Gasteiger partial charge in [-0.25, -0.2) is 19.2 Å². The summed E-state index contributed by atoms with van der Waals surface area (Å²) < 4.78 is 35.6. The molecule has 1 aliphatic heterocycles. The first kappa shape index (κ1) is 33.6. The third-order valence-corrected chi connectivity index (χ3v) is 7.27. The van der Waals surface area contributed by atoms with Crippen molar-refractivity contribution in [3.8, 4) is 12.3 Å². The smallest absolute Gasteiger partial charge is 0.338 e. The average Bonchev–Trinajstić information content (AvgIpc) is 3.14. The van der Waals surface area contributed by atoms with Gasteiger partial charge in [0.15, 0.2) is 24.6 Å². The van der Waals surface area contributed by atoms with Crippen molar-refractivity contribution in [2.45, 2.75) is 37.1 Å². The van der Waals surface area contributed by atoms with Gasteiger partial charge in [-0.3, -0.25) is 0 Å². The Bertz CT molecular complexity index is 1700. The zero-order valence-corrected chi connectivity index (χ0v) is 25.7. The second kappa shape index (κ2) is 16.7. The molecule has 0 saturated carbocycles. The zero-order valence-electron chi connectivity index (χ0n) is 25.7. The highest BCUT2D eigenvalue weighted by Gasteiger charge is 2.53. The number of rotatable bonds is 12. The third-order valence-electron chi connectivity index (χ3n) is 7.27. The first-order valence-corrected chi connectivity index (χ1v) is 15.2. The maximum absolute atomic E-state index is 13.5. The molecule has 10 heteroatoms. The maximum atomic E-state index is 13.5. The van der Waals surface area contributed by atoms with Crippen molar-refractivity contribution in [1.29, 1.82) is 0 Å². The minimum Gasteiger partial charge on any atom is -0.459 e. The van der Waals surface area contributed by atoms with Crippen LogP contribution in [0.4, 0.5) is 0 Å². The van der Waals surface area contributed by atoms with Gasteiger partial charge >= 0.3 is 23.9 Å². The molecule has 0 amide bonds. The van der Waals surface area contributed by atoms with E-state index in [-0.39, 0.29) is 35.3 Å². The Kier molecular flexibility index (Phi) is 11.7. The molecule has 0 radical (unpaired) electrons. The Morgan fingerprint density at radius 1 is 0.562 bits per heavy atom. The van der Waals surface area contributed by atoms with Gasteiger partial charge in [0.25, 0.3) is 0 Å². The minimum absolute atomic E-state index is 0.0229. The summed E-state index contributed by atoms with van der Waals surface area (Å²) in [6, 6.07) is 32.6. The van der Waals surface area contributed by atoms with Gasteiger partial charge in [-0.2, -0.15) is 0 Å². The molecule has 0 aliphatic carbocycles. The fourth-order valence-electron chi connectivity index (χ4n) is 4.90. The monoisotopic (exact) mass is 648 g/mol. The van der Waals surface area contributed by atoms with E-state index < -0.39 is 61.2 Å². The Balaban J connectivity index is 1.53. The predicted octanol–water partition coefficient (Wildman–Crippen LogP) is 5.29. The van der Waals surface area contributed by atoms with Crippen LogP contribution in [0.5, 0.6) is 0 Å². The predicted molar refractivity (Wildman–Crippen MR) is 172 cm³/mol. The van der Waals surface area contributed by atoms with Crippen LogP contribution in [0.25, 0.3) is 0 Å². The average molecular weight is 649 g/mol. The van der Waals surface area contributed by atoms with E-state index in [0.29, 0.717) is 0 Å². The van der Waals surface area contributed by atoms with Crippen molar-refractivity contribution in [1.82, 2.24) is 0 Å². The van der Waals surface area contributed by atoms with E-state index in [9.17, 15) is 19.2 Å². The molecule has 0 bridgehead atoms. The van der Waals surface area contributed by atoms with Gasteiger partial charge in [0.2, 0.25) is 0 Å². The van der Waals surface area contributed by atoms with Crippen LogP contribution in [0, 0.1) is 12.3 Å². The van der Waals surface area contributed by atoms with Crippen molar-refractivity contribution >= 4 is 23.9 Å². The van der Waals surface area contributed by atoms with Gasteiger partial charge in [-0.15, -0.1) is 12.3 Å². The lowest BCUT2D eigenvalue weighted by Gasteiger charge is -2.44. The molecule has 3 unspecified atom stereocenters. The lowest BCUT2D eigenvalue weighted by atomic mass is 9.97. The van der Waals surface area contributed by atoms with Crippen LogP contribution < -0.4 is 0 Å². The number of hydrogen-bond donors (Lipinski definition) is 0. The van der Waals surface area contributed by atoms with Crippen LogP contribution in [0.2, 0.25) is 0 Å². The largest absolute Gasteiger partial charge is 0.459 e. The van der Waals surface area contributed by atoms with E-state index >= 15 is 0 Å². The number of esters is 4. The Morgan fingerprint density at radius 3 is 1.40 bits per heavy atom. The molecule has 4 aromatic rings. The van der Waals surface area contributed by atoms with Gasteiger partial charge in [0.1, 0.15) is 12.7 Å². The van der Waals surface area contributed by atoms with Crippen LogP contribution in [0.15, 0.2) is 121 Å². The molecular formula is C38H32O10. The Hall–Kier alpha value is -5.76. The number of hydrogen-bond acceptors (Lipinski definition) is 10. The zero-order chi connectivity index (χ0) is 33.7. The first-order chi connectivity index (χ1) is 23.4. The molecule has 244 valence electrons. The lowest BCUT2D eigenvalue weighted by Crippen LogP contribution is -2.63. The molecule has 0 aromatic heterocycles. The molecule has 1 saturated heterocycles. The van der Waals surface area contributed by atoms with Crippen molar-refractivity contribution < 1.29 is 47.6 Å². The number of carbonyl (C=O) groups is 4. The van der Waals surface area contributed by atoms with Gasteiger partial charge in [-0.05, 0) is 48.5 Å². The minimum atomic E-state index is -1.50. The van der Waals surface area contributed by atoms with Crippen molar-refractivity contribution in [3.63, 3.8) is 0 Å². The van der Waals surface area contributed by atoms with E-state index in [4.69, 9.17) is 34.8 Å². The lowest BCUT2D eigenvalue weighted by molar-refractivity contribution is -0.298. The standard InChI is InChI=1S/C38H32O10/c1-2-3-24-43-38-33(48-37(42)29-22-14-7-15-23-29)32(47-36(41)28-20-12-6-13-21-28)31(46-35(40)27-18-10-5-11-19-27)30(45-38)25-44-34(39)26-16-8-4-9-17-26/h1,4-23,30-33,38H,3,24-25H2/t30?,31-,32?,33?,38+/m1/s1. The number of terminal acetylenes is 1. The van der Waals surface area contributed by atoms with Crippen LogP contribution in [-0.4, -0.2) is 67.8 Å². The molecule has 5 atom stereocenters. The summed E-state index contributed by atoms with van der Waals surface area (Å²) in [6.07, 6.45) is -1.42. The first-order valence-electron chi connectivity index (χ1n) is 15.2. The molecule has 0 N–H and O–H groups in total. The second-order valence-electron chi connectivity index (χ2n) is 10.5. The van der Waals surface area contributed by atoms with Crippen LogP contribution in [-0.2, 0) is 28.4 Å². The van der Waals surface area contributed by atoms with Gasteiger partial charge in [0.05, 0.1) is 28.9 Å². The van der Waals surface area contributed by atoms with Crippen molar-refractivity contribution in [2.24, 2.45) is 0 Å². The number of ether oxygens (including phenoxy) is 6. The highest BCUT2D eigenvalue weighted by atomic mass is 16.7. The molecule has 1 aliphatic rings. The summed E-state index contributed by atoms with van der Waals surface area (Å²) in [5, 5.41) is 0. The van der Waals surface area contributed by atoms with E-state index in [2.05, 4.69) is 5.92 Å². The normalized spacial score (nSPS) is 20.0. The van der Waals surface area contributed by atoms with Crippen LogP contribution in [0.1, 0.15) is 47.9 Å². The third kappa shape index (κ3) is 8.73. The maximum Gasteiger partial charge on any atom is 0.338 e. The van der Waals surface area contributed by atoms with Crippen molar-refractivity contribution in [2.75, 3.05) is 13.2 Å². The molecule has 48 heavy (non-hydrogen) atoms. The fourth-order valence-corrected chi connectivity index (χ4v) is 4.90. The van der Waals surface area contributed by atoms with Gasteiger partial charge < -0.3 is 28.4 Å². The van der Waals surface area contributed by atoms with E-state index in [1.165, 1.54) is 12.1 Å². The summed E-state index contributed by atoms with van der Waals surface area (Å²) >= 11 is 0. The molecule has 10 nitrogen and oxygen atoms in total. The number of benzene rings is 4. The molecule has 5 rings (SSSR count). The van der Waals surface area contributed by atoms with Gasteiger partial charge in [0, 0.05) is 6.42 Å². The van der Waals surface area contributed by atoms with E-state index in [1.807, 2.05) is 0 Å². The summed E-state index contributed by atoms with van der Waals surface area (Å²) in [5.41, 5.74) is 0.845. The Morgan fingerprint density at radius 2 is 0.958 bits per heavy atom. The van der Waals surface area contributed by atoms with Gasteiger partial charge in [-0.1, -0.05) is 72.8 Å². The summed E-state index contributed by atoms with van der Waals surface area (Å²) in [7, 11) is 0. The Labute approximate surface area is 277 Å². The molecule has 1 fully saturated rings. The summed E-state index contributed by atoms with van der Waals surface area (Å²) in [5.74, 6) is -0.577. The molecule has 0 spiro atoms. The summed E-state index contributed by atoms with van der Waals surface area (Å²) in [6.45, 7) is -0.473. The quantitative estimate of drug-likeness (QED) is 0.0867. The second-order valence-corrected chi connectivity index (χ2v) is 10.5. The molecular weight excluding hydrogens is 616 g/mol. The molecule has 1 heterocycles.